The van der Waals surface area contributed by atoms with Crippen LogP contribution in [0.15, 0.2) is 78.4 Å². The SMILES string of the molecule is CCC(C)CNC(=O)c1cccc(C(=C2CN(C(c3ccc(Cl)cc3)c3ccc(Cl)cc3)C2)S(C)(=O)=O)c1. The number of hydrogen-bond acceptors (Lipinski definition) is 4. The first-order valence-corrected chi connectivity index (χ1v) is 15.3. The van der Waals surface area contributed by atoms with E-state index in [2.05, 4.69) is 24.1 Å². The maximum Gasteiger partial charge on any atom is 0.251 e. The van der Waals surface area contributed by atoms with Crippen LogP contribution in [0.4, 0.5) is 0 Å². The molecule has 0 aromatic heterocycles. The molecule has 1 saturated heterocycles. The average Bonchev–Trinajstić information content (AvgIpc) is 2.87. The van der Waals surface area contributed by atoms with E-state index >= 15 is 0 Å². The number of benzene rings is 3. The maximum atomic E-state index is 13.0. The molecular formula is C30H32Cl2N2O3S. The van der Waals surface area contributed by atoms with E-state index in [0.717, 1.165) is 23.1 Å². The van der Waals surface area contributed by atoms with Gasteiger partial charge in [0, 0.05) is 41.5 Å². The van der Waals surface area contributed by atoms with Gasteiger partial charge in [-0.2, -0.15) is 0 Å². The van der Waals surface area contributed by atoms with Crippen LogP contribution in [-0.2, 0) is 9.84 Å². The summed E-state index contributed by atoms with van der Waals surface area (Å²) in [5.41, 5.74) is 3.91. The predicted octanol–water partition coefficient (Wildman–Crippen LogP) is 6.63. The summed E-state index contributed by atoms with van der Waals surface area (Å²) >= 11 is 12.3. The highest BCUT2D eigenvalue weighted by atomic mass is 35.5. The third-order valence-electron chi connectivity index (χ3n) is 6.91. The Morgan fingerprint density at radius 1 is 0.921 bits per heavy atom. The monoisotopic (exact) mass is 570 g/mol. The van der Waals surface area contributed by atoms with E-state index in [0.29, 0.717) is 46.7 Å². The summed E-state index contributed by atoms with van der Waals surface area (Å²) in [5.74, 6) is 0.164. The van der Waals surface area contributed by atoms with Gasteiger partial charge in [-0.1, -0.05) is 79.9 Å². The van der Waals surface area contributed by atoms with E-state index in [-0.39, 0.29) is 16.9 Å². The number of halogens is 2. The molecule has 0 spiro atoms. The minimum Gasteiger partial charge on any atom is -0.352 e. The van der Waals surface area contributed by atoms with Crippen molar-refractivity contribution in [1.29, 1.82) is 0 Å². The zero-order chi connectivity index (χ0) is 27.4. The number of rotatable bonds is 9. The molecule has 8 heteroatoms. The average molecular weight is 572 g/mol. The van der Waals surface area contributed by atoms with E-state index in [1.54, 1.807) is 24.3 Å². The van der Waals surface area contributed by atoms with Crippen molar-refractivity contribution >= 4 is 43.9 Å². The van der Waals surface area contributed by atoms with E-state index in [4.69, 9.17) is 23.2 Å². The maximum absolute atomic E-state index is 13.0. The fourth-order valence-corrected chi connectivity index (χ4v) is 6.13. The van der Waals surface area contributed by atoms with Crippen LogP contribution in [0.25, 0.3) is 4.91 Å². The van der Waals surface area contributed by atoms with Crippen molar-refractivity contribution in [2.24, 2.45) is 5.92 Å². The predicted molar refractivity (Wildman–Crippen MR) is 156 cm³/mol. The van der Waals surface area contributed by atoms with Gasteiger partial charge >= 0.3 is 0 Å². The lowest BCUT2D eigenvalue weighted by Crippen LogP contribution is -2.44. The highest BCUT2D eigenvalue weighted by Gasteiger charge is 2.34. The Morgan fingerprint density at radius 2 is 1.45 bits per heavy atom. The molecule has 0 radical (unpaired) electrons. The first kappa shape index (κ1) is 28.4. The number of carbonyl (C=O) groups excluding carboxylic acids is 1. The summed E-state index contributed by atoms with van der Waals surface area (Å²) in [7, 11) is -3.55. The molecule has 1 aliphatic heterocycles. The Balaban J connectivity index is 1.65. The normalized spacial score (nSPS) is 14.7. The number of amides is 1. The molecule has 3 aromatic carbocycles. The number of hydrogen-bond donors (Lipinski definition) is 1. The van der Waals surface area contributed by atoms with E-state index < -0.39 is 9.84 Å². The molecule has 5 nitrogen and oxygen atoms in total. The fraction of sp³-hybridized carbons (Fsp3) is 0.300. The molecule has 1 heterocycles. The first-order valence-electron chi connectivity index (χ1n) is 12.6. The number of likely N-dealkylation sites (tertiary alicyclic amines) is 1. The van der Waals surface area contributed by atoms with Crippen molar-refractivity contribution in [1.82, 2.24) is 10.2 Å². The number of sulfone groups is 1. The number of nitrogens with zero attached hydrogens (tertiary/aromatic N) is 1. The van der Waals surface area contributed by atoms with E-state index in [1.165, 1.54) is 6.26 Å². The quantitative estimate of drug-likeness (QED) is 0.313. The molecule has 1 atom stereocenters. The third-order valence-corrected chi connectivity index (χ3v) is 8.68. The minimum absolute atomic E-state index is 0.0910. The highest BCUT2D eigenvalue weighted by Crippen LogP contribution is 2.38. The first-order chi connectivity index (χ1) is 18.1. The molecule has 0 aliphatic carbocycles. The summed E-state index contributed by atoms with van der Waals surface area (Å²) in [6.07, 6.45) is 2.19. The lowest BCUT2D eigenvalue weighted by molar-refractivity contribution is 0.0947. The molecule has 3 aromatic rings. The van der Waals surface area contributed by atoms with Crippen LogP contribution >= 0.6 is 23.2 Å². The topological polar surface area (TPSA) is 66.5 Å². The van der Waals surface area contributed by atoms with Crippen LogP contribution in [0.5, 0.6) is 0 Å². The lowest BCUT2D eigenvalue weighted by Gasteiger charge is -2.42. The van der Waals surface area contributed by atoms with Crippen molar-refractivity contribution in [2.45, 2.75) is 26.3 Å². The second kappa shape index (κ2) is 12.0. The zero-order valence-corrected chi connectivity index (χ0v) is 24.1. The Hall–Kier alpha value is -2.64. The van der Waals surface area contributed by atoms with Gasteiger partial charge < -0.3 is 5.32 Å². The van der Waals surface area contributed by atoms with Crippen molar-refractivity contribution < 1.29 is 13.2 Å². The van der Waals surface area contributed by atoms with Crippen LogP contribution in [-0.4, -0.2) is 45.1 Å². The van der Waals surface area contributed by atoms with Gasteiger partial charge in [0.15, 0.2) is 9.84 Å². The van der Waals surface area contributed by atoms with Gasteiger partial charge in [0.25, 0.3) is 5.91 Å². The summed E-state index contributed by atoms with van der Waals surface area (Å²) in [5, 5.41) is 4.25. The molecule has 0 bridgehead atoms. The molecule has 200 valence electrons. The molecule has 1 unspecified atom stereocenters. The van der Waals surface area contributed by atoms with Crippen molar-refractivity contribution in [3.8, 4) is 0 Å². The number of carbonyl (C=O) groups is 1. The van der Waals surface area contributed by atoms with Crippen LogP contribution in [0.1, 0.15) is 53.4 Å². The van der Waals surface area contributed by atoms with Gasteiger partial charge in [0.1, 0.15) is 0 Å². The standard InChI is InChI=1S/C30H32Cl2N2O3S/c1-4-20(2)17-33-30(35)24-7-5-6-23(16-24)29(38(3,36)37)25-18-34(19-25)28(21-8-12-26(31)13-9-21)22-10-14-27(32)15-11-22/h5-16,20,28H,4,17-19H2,1-3H3,(H,33,35). The van der Waals surface area contributed by atoms with Gasteiger partial charge in [0.05, 0.1) is 10.9 Å². The van der Waals surface area contributed by atoms with E-state index in [1.807, 2.05) is 48.5 Å². The highest BCUT2D eigenvalue weighted by molar-refractivity contribution is 8.00. The van der Waals surface area contributed by atoms with Crippen molar-refractivity contribution in [3.05, 3.63) is 111 Å². The molecule has 1 fully saturated rings. The van der Waals surface area contributed by atoms with Crippen molar-refractivity contribution in [3.63, 3.8) is 0 Å². The Bertz CT molecular complexity index is 1380. The summed E-state index contributed by atoms with van der Waals surface area (Å²) < 4.78 is 26.0. The second-order valence-corrected chi connectivity index (χ2v) is 12.7. The Morgan fingerprint density at radius 3 is 1.95 bits per heavy atom. The fourth-order valence-electron chi connectivity index (χ4n) is 4.67. The van der Waals surface area contributed by atoms with Gasteiger partial charge in [-0.25, -0.2) is 8.42 Å². The van der Waals surface area contributed by atoms with Gasteiger partial charge in [-0.05, 0) is 64.6 Å². The van der Waals surface area contributed by atoms with Crippen LogP contribution in [0.3, 0.4) is 0 Å². The molecule has 1 aliphatic rings. The van der Waals surface area contributed by atoms with Gasteiger partial charge in [-0.3, -0.25) is 9.69 Å². The lowest BCUT2D eigenvalue weighted by atomic mass is 9.92. The molecular weight excluding hydrogens is 539 g/mol. The minimum atomic E-state index is -3.55. The van der Waals surface area contributed by atoms with Gasteiger partial charge in [-0.15, -0.1) is 0 Å². The number of nitrogens with one attached hydrogen (secondary N) is 1. The third kappa shape index (κ3) is 6.67. The Kier molecular flexibility index (Phi) is 8.99. The molecule has 4 rings (SSSR count). The smallest absolute Gasteiger partial charge is 0.251 e. The van der Waals surface area contributed by atoms with E-state index in [9.17, 15) is 13.2 Å². The summed E-state index contributed by atoms with van der Waals surface area (Å²) in [6, 6.07) is 22.2. The van der Waals surface area contributed by atoms with Crippen LogP contribution in [0, 0.1) is 5.92 Å². The van der Waals surface area contributed by atoms with Crippen molar-refractivity contribution in [2.75, 3.05) is 25.9 Å². The molecule has 0 saturated carbocycles. The summed E-state index contributed by atoms with van der Waals surface area (Å²) in [6.45, 7) is 5.68. The van der Waals surface area contributed by atoms with Gasteiger partial charge in [0.2, 0.25) is 0 Å². The molecule has 38 heavy (non-hydrogen) atoms. The second-order valence-electron chi connectivity index (χ2n) is 9.92. The van der Waals surface area contributed by atoms with Crippen LogP contribution in [0.2, 0.25) is 10.0 Å². The Labute approximate surface area is 235 Å². The largest absolute Gasteiger partial charge is 0.352 e. The van der Waals surface area contributed by atoms with Crippen LogP contribution < -0.4 is 5.32 Å². The zero-order valence-electron chi connectivity index (χ0n) is 21.7. The summed E-state index contributed by atoms with van der Waals surface area (Å²) in [4.78, 5) is 15.2. The molecule has 1 amide bonds. The molecule has 1 N–H and O–H groups in total.